The highest BCUT2D eigenvalue weighted by Gasteiger charge is 2.39. The van der Waals surface area contributed by atoms with Gasteiger partial charge in [0.1, 0.15) is 5.82 Å². The SMILES string of the molecule is CC1C(=O)N(C2CCCCC2)c2nc3ccccc3cc21. The molecule has 3 heteroatoms. The monoisotopic (exact) mass is 280 g/mol. The van der Waals surface area contributed by atoms with Crippen LogP contribution in [0.2, 0.25) is 0 Å². The standard InChI is InChI=1S/C18H20N2O/c1-12-15-11-13-7-5-6-10-16(13)19-17(15)20(18(12)21)14-8-3-2-4-9-14/h5-7,10-12,14H,2-4,8-9H2,1H3. The van der Waals surface area contributed by atoms with Gasteiger partial charge in [0.05, 0.1) is 11.4 Å². The molecule has 1 aliphatic carbocycles. The van der Waals surface area contributed by atoms with Gasteiger partial charge in [-0.3, -0.25) is 9.69 Å². The molecule has 2 heterocycles. The predicted octanol–water partition coefficient (Wildman–Crippen LogP) is 4.02. The Morgan fingerprint density at radius 3 is 2.71 bits per heavy atom. The summed E-state index contributed by atoms with van der Waals surface area (Å²) in [7, 11) is 0. The third kappa shape index (κ3) is 1.95. The number of pyridine rings is 1. The summed E-state index contributed by atoms with van der Waals surface area (Å²) < 4.78 is 0. The molecular formula is C18H20N2O. The smallest absolute Gasteiger partial charge is 0.235 e. The highest BCUT2D eigenvalue weighted by atomic mass is 16.2. The van der Waals surface area contributed by atoms with E-state index in [9.17, 15) is 4.79 Å². The van der Waals surface area contributed by atoms with Crippen molar-refractivity contribution in [2.24, 2.45) is 0 Å². The number of rotatable bonds is 1. The molecule has 0 radical (unpaired) electrons. The van der Waals surface area contributed by atoms with E-state index in [4.69, 9.17) is 4.98 Å². The number of carbonyl (C=O) groups is 1. The molecule has 1 fully saturated rings. The Kier molecular flexibility index (Phi) is 2.95. The lowest BCUT2D eigenvalue weighted by Crippen LogP contribution is -2.40. The average Bonchev–Trinajstić information content (AvgIpc) is 2.77. The number of nitrogens with zero attached hydrogens (tertiary/aromatic N) is 2. The van der Waals surface area contributed by atoms with Crippen molar-refractivity contribution in [2.75, 3.05) is 4.90 Å². The summed E-state index contributed by atoms with van der Waals surface area (Å²) in [4.78, 5) is 19.6. The van der Waals surface area contributed by atoms with Crippen LogP contribution in [-0.2, 0) is 4.79 Å². The second kappa shape index (κ2) is 4.83. The molecule has 2 aromatic rings. The van der Waals surface area contributed by atoms with E-state index in [1.807, 2.05) is 30.0 Å². The molecule has 1 unspecified atom stereocenters. The minimum absolute atomic E-state index is 0.0565. The number of amides is 1. The van der Waals surface area contributed by atoms with Crippen molar-refractivity contribution in [1.82, 2.24) is 4.98 Å². The fourth-order valence-corrected chi connectivity index (χ4v) is 3.77. The van der Waals surface area contributed by atoms with E-state index in [2.05, 4.69) is 12.1 Å². The number of aromatic nitrogens is 1. The lowest BCUT2D eigenvalue weighted by molar-refractivity contribution is -0.119. The minimum Gasteiger partial charge on any atom is -0.293 e. The molecule has 0 bridgehead atoms. The van der Waals surface area contributed by atoms with Gasteiger partial charge >= 0.3 is 0 Å². The molecule has 1 atom stereocenters. The van der Waals surface area contributed by atoms with Gasteiger partial charge in [-0.15, -0.1) is 0 Å². The van der Waals surface area contributed by atoms with Crippen molar-refractivity contribution >= 4 is 22.6 Å². The summed E-state index contributed by atoms with van der Waals surface area (Å²) in [5.41, 5.74) is 2.09. The molecule has 4 rings (SSSR count). The summed E-state index contributed by atoms with van der Waals surface area (Å²) in [5.74, 6) is 1.09. The van der Waals surface area contributed by atoms with Gasteiger partial charge in [0.2, 0.25) is 5.91 Å². The topological polar surface area (TPSA) is 33.2 Å². The second-order valence-corrected chi connectivity index (χ2v) is 6.32. The van der Waals surface area contributed by atoms with E-state index in [0.29, 0.717) is 6.04 Å². The number of hydrogen-bond donors (Lipinski definition) is 0. The molecule has 1 amide bonds. The Bertz CT molecular complexity index is 703. The summed E-state index contributed by atoms with van der Waals surface area (Å²) in [6.07, 6.45) is 5.99. The molecule has 2 aliphatic rings. The molecule has 0 N–H and O–H groups in total. The maximum Gasteiger partial charge on any atom is 0.235 e. The van der Waals surface area contributed by atoms with Crippen LogP contribution in [0.15, 0.2) is 30.3 Å². The van der Waals surface area contributed by atoms with E-state index in [0.717, 1.165) is 35.1 Å². The zero-order valence-corrected chi connectivity index (χ0v) is 12.4. The van der Waals surface area contributed by atoms with E-state index in [-0.39, 0.29) is 11.8 Å². The Hall–Kier alpha value is -1.90. The van der Waals surface area contributed by atoms with Gasteiger partial charge in [-0.2, -0.15) is 0 Å². The van der Waals surface area contributed by atoms with Crippen LogP contribution in [0.5, 0.6) is 0 Å². The molecule has 108 valence electrons. The predicted molar refractivity (Wildman–Crippen MR) is 84.5 cm³/mol. The zero-order chi connectivity index (χ0) is 14.4. The molecule has 0 saturated heterocycles. The molecule has 0 spiro atoms. The van der Waals surface area contributed by atoms with Crippen LogP contribution in [-0.4, -0.2) is 16.9 Å². The normalized spacial score (nSPS) is 22.8. The van der Waals surface area contributed by atoms with Crippen molar-refractivity contribution < 1.29 is 4.79 Å². The molecule has 1 aromatic carbocycles. The van der Waals surface area contributed by atoms with Gasteiger partial charge in [-0.05, 0) is 31.9 Å². The minimum atomic E-state index is -0.0565. The van der Waals surface area contributed by atoms with Crippen LogP contribution in [0.25, 0.3) is 10.9 Å². The Balaban J connectivity index is 1.84. The number of hydrogen-bond acceptors (Lipinski definition) is 2. The lowest BCUT2D eigenvalue weighted by Gasteiger charge is -2.31. The van der Waals surface area contributed by atoms with Crippen molar-refractivity contribution in [3.05, 3.63) is 35.9 Å². The van der Waals surface area contributed by atoms with Crippen LogP contribution in [0.1, 0.15) is 50.5 Å². The Morgan fingerprint density at radius 2 is 1.90 bits per heavy atom. The van der Waals surface area contributed by atoms with Crippen LogP contribution < -0.4 is 4.90 Å². The number of benzene rings is 1. The number of para-hydroxylation sites is 1. The second-order valence-electron chi connectivity index (χ2n) is 6.32. The first-order valence-electron chi connectivity index (χ1n) is 7.98. The quantitative estimate of drug-likeness (QED) is 0.790. The third-order valence-electron chi connectivity index (χ3n) is 4.97. The molecule has 21 heavy (non-hydrogen) atoms. The van der Waals surface area contributed by atoms with Crippen LogP contribution in [0, 0.1) is 0 Å². The van der Waals surface area contributed by atoms with E-state index in [1.54, 1.807) is 0 Å². The zero-order valence-electron chi connectivity index (χ0n) is 12.4. The Labute approximate surface area is 125 Å². The van der Waals surface area contributed by atoms with Gasteiger partial charge in [-0.25, -0.2) is 4.98 Å². The van der Waals surface area contributed by atoms with Gasteiger partial charge < -0.3 is 0 Å². The van der Waals surface area contributed by atoms with Crippen LogP contribution >= 0.6 is 0 Å². The van der Waals surface area contributed by atoms with E-state index >= 15 is 0 Å². The van der Waals surface area contributed by atoms with Gasteiger partial charge in [-0.1, -0.05) is 37.5 Å². The van der Waals surface area contributed by atoms with Crippen molar-refractivity contribution in [3.63, 3.8) is 0 Å². The van der Waals surface area contributed by atoms with E-state index in [1.165, 1.54) is 19.3 Å². The molecule has 1 aromatic heterocycles. The number of anilines is 1. The van der Waals surface area contributed by atoms with Gasteiger partial charge in [0.15, 0.2) is 0 Å². The maximum absolute atomic E-state index is 12.7. The fraction of sp³-hybridized carbons (Fsp3) is 0.444. The molecular weight excluding hydrogens is 260 g/mol. The molecule has 3 nitrogen and oxygen atoms in total. The number of fused-ring (bicyclic) bond motifs is 2. The summed E-state index contributed by atoms with van der Waals surface area (Å²) in [6.45, 7) is 2.01. The van der Waals surface area contributed by atoms with Crippen LogP contribution in [0.4, 0.5) is 5.82 Å². The first kappa shape index (κ1) is 12.8. The first-order chi connectivity index (χ1) is 10.3. The van der Waals surface area contributed by atoms with Gasteiger partial charge in [0, 0.05) is 17.0 Å². The van der Waals surface area contributed by atoms with Crippen LogP contribution in [0.3, 0.4) is 0 Å². The molecule has 1 saturated carbocycles. The summed E-state index contributed by atoms with van der Waals surface area (Å²) in [6, 6.07) is 10.6. The van der Waals surface area contributed by atoms with Crippen molar-refractivity contribution in [3.8, 4) is 0 Å². The first-order valence-corrected chi connectivity index (χ1v) is 7.98. The largest absolute Gasteiger partial charge is 0.293 e. The molecule has 1 aliphatic heterocycles. The highest BCUT2D eigenvalue weighted by Crippen LogP contribution is 2.41. The van der Waals surface area contributed by atoms with Gasteiger partial charge in [0.25, 0.3) is 0 Å². The van der Waals surface area contributed by atoms with E-state index < -0.39 is 0 Å². The highest BCUT2D eigenvalue weighted by molar-refractivity contribution is 6.05. The average molecular weight is 280 g/mol. The van der Waals surface area contributed by atoms with Crippen molar-refractivity contribution in [2.45, 2.75) is 51.0 Å². The maximum atomic E-state index is 12.7. The third-order valence-corrected chi connectivity index (χ3v) is 4.97. The summed E-state index contributed by atoms with van der Waals surface area (Å²) >= 11 is 0. The fourth-order valence-electron chi connectivity index (χ4n) is 3.77. The lowest BCUT2D eigenvalue weighted by atomic mass is 9.94. The summed E-state index contributed by atoms with van der Waals surface area (Å²) in [5, 5.41) is 1.13. The Morgan fingerprint density at radius 1 is 1.14 bits per heavy atom. The van der Waals surface area contributed by atoms with Crippen molar-refractivity contribution in [1.29, 1.82) is 0 Å². The number of carbonyl (C=O) groups excluding carboxylic acids is 1.